The molecule has 0 aromatic heterocycles. The van der Waals surface area contributed by atoms with E-state index >= 15 is 0 Å². The molecule has 82 valence electrons. The van der Waals surface area contributed by atoms with E-state index in [-0.39, 0.29) is 21.4 Å². The lowest BCUT2D eigenvalue weighted by Gasteiger charge is -2.09. The Morgan fingerprint density at radius 2 is 2.00 bits per heavy atom. The molecule has 0 aliphatic heterocycles. The van der Waals surface area contributed by atoms with Crippen LogP contribution in [0.3, 0.4) is 0 Å². The zero-order valence-electron chi connectivity index (χ0n) is 7.56. The van der Waals surface area contributed by atoms with Crippen molar-refractivity contribution in [1.82, 2.24) is 0 Å². The van der Waals surface area contributed by atoms with Crippen molar-refractivity contribution in [2.45, 2.75) is 6.43 Å². The van der Waals surface area contributed by atoms with Gasteiger partial charge < -0.3 is 4.74 Å². The summed E-state index contributed by atoms with van der Waals surface area (Å²) in [4.78, 5) is 11.1. The van der Waals surface area contributed by atoms with Crippen LogP contribution in [0.5, 0.6) is 5.75 Å². The van der Waals surface area contributed by atoms with Gasteiger partial charge in [-0.25, -0.2) is 8.78 Å². The number of ether oxygens (including phenoxy) is 1. The quantitative estimate of drug-likeness (QED) is 0.773. The van der Waals surface area contributed by atoms with E-state index in [0.717, 1.165) is 6.07 Å². The number of alkyl halides is 2. The summed E-state index contributed by atoms with van der Waals surface area (Å²) < 4.78 is 29.2. The number of methoxy groups -OCH3 is 1. The van der Waals surface area contributed by atoms with Crippen molar-refractivity contribution in [3.05, 3.63) is 27.7 Å². The van der Waals surface area contributed by atoms with Gasteiger partial charge in [-0.05, 0) is 12.1 Å². The van der Waals surface area contributed by atoms with Crippen LogP contribution in [0.2, 0.25) is 10.0 Å². The molecule has 6 heteroatoms. The molecule has 15 heavy (non-hydrogen) atoms. The van der Waals surface area contributed by atoms with Gasteiger partial charge in [-0.15, -0.1) is 0 Å². The highest BCUT2D eigenvalue weighted by Gasteiger charge is 2.23. The van der Waals surface area contributed by atoms with Gasteiger partial charge in [0.2, 0.25) is 5.78 Å². The summed E-state index contributed by atoms with van der Waals surface area (Å²) in [5.41, 5.74) is -0.315. The number of ketones is 1. The third-order valence-corrected chi connectivity index (χ3v) is 2.18. The van der Waals surface area contributed by atoms with Crippen LogP contribution < -0.4 is 4.74 Å². The summed E-state index contributed by atoms with van der Waals surface area (Å²) in [5.74, 6) is -1.46. The highest BCUT2D eigenvalue weighted by atomic mass is 35.5. The van der Waals surface area contributed by atoms with Crippen molar-refractivity contribution < 1.29 is 18.3 Å². The van der Waals surface area contributed by atoms with Crippen molar-refractivity contribution in [2.24, 2.45) is 0 Å². The molecule has 0 bridgehead atoms. The number of hydrogen-bond donors (Lipinski definition) is 0. The molecule has 0 spiro atoms. The number of benzene rings is 1. The fourth-order valence-corrected chi connectivity index (χ4v) is 1.64. The number of carbonyl (C=O) groups is 1. The fraction of sp³-hybridized carbons (Fsp3) is 0.222. The van der Waals surface area contributed by atoms with Gasteiger partial charge in [0, 0.05) is 5.02 Å². The largest absolute Gasteiger partial charge is 0.494 e. The van der Waals surface area contributed by atoms with Crippen LogP contribution in [-0.2, 0) is 0 Å². The van der Waals surface area contributed by atoms with Gasteiger partial charge in [-0.3, -0.25) is 4.79 Å². The van der Waals surface area contributed by atoms with Gasteiger partial charge in [0.1, 0.15) is 5.75 Å². The normalized spacial score (nSPS) is 10.5. The number of carbonyl (C=O) groups excluding carboxylic acids is 1. The number of hydrogen-bond acceptors (Lipinski definition) is 2. The third kappa shape index (κ3) is 2.58. The first-order valence-corrected chi connectivity index (χ1v) is 4.58. The van der Waals surface area contributed by atoms with Crippen molar-refractivity contribution in [3.63, 3.8) is 0 Å². The first-order chi connectivity index (χ1) is 6.97. The van der Waals surface area contributed by atoms with Gasteiger partial charge in [-0.1, -0.05) is 23.2 Å². The molecule has 0 fully saturated rings. The smallest absolute Gasteiger partial charge is 0.300 e. The summed E-state index contributed by atoms with van der Waals surface area (Å²) in [6.45, 7) is 0. The zero-order chi connectivity index (χ0) is 11.6. The Morgan fingerprint density at radius 3 is 2.47 bits per heavy atom. The molecular weight excluding hydrogens is 249 g/mol. The number of rotatable bonds is 3. The molecule has 1 aromatic carbocycles. The molecule has 0 atom stereocenters. The minimum atomic E-state index is -3.12. The van der Waals surface area contributed by atoms with Gasteiger partial charge in [0.15, 0.2) is 0 Å². The van der Waals surface area contributed by atoms with Crippen LogP contribution in [0.1, 0.15) is 10.4 Å². The van der Waals surface area contributed by atoms with E-state index in [2.05, 4.69) is 0 Å². The van der Waals surface area contributed by atoms with Gasteiger partial charge >= 0.3 is 6.43 Å². The highest BCUT2D eigenvalue weighted by molar-refractivity contribution is 6.36. The predicted molar refractivity (Wildman–Crippen MR) is 53.3 cm³/mol. The van der Waals surface area contributed by atoms with Crippen LogP contribution in [0.25, 0.3) is 0 Å². The minimum Gasteiger partial charge on any atom is -0.494 e. The number of Topliss-reactive ketones (excluding diaryl/α,β-unsaturated/α-hetero) is 1. The van der Waals surface area contributed by atoms with E-state index in [1.54, 1.807) is 0 Å². The van der Waals surface area contributed by atoms with Crippen molar-refractivity contribution in [2.75, 3.05) is 7.11 Å². The summed E-state index contributed by atoms with van der Waals surface area (Å²) in [5, 5.41) is 0.124. The van der Waals surface area contributed by atoms with E-state index in [0.29, 0.717) is 0 Å². The average Bonchev–Trinajstić information content (AvgIpc) is 2.15. The first-order valence-electron chi connectivity index (χ1n) is 3.82. The van der Waals surface area contributed by atoms with E-state index in [1.165, 1.54) is 13.2 Å². The lowest BCUT2D eigenvalue weighted by Crippen LogP contribution is -2.11. The second-order valence-electron chi connectivity index (χ2n) is 2.63. The predicted octanol–water partition coefficient (Wildman–Crippen LogP) is 3.45. The Labute approximate surface area is 94.7 Å². The lowest BCUT2D eigenvalue weighted by atomic mass is 10.1. The molecule has 0 aliphatic rings. The zero-order valence-corrected chi connectivity index (χ0v) is 9.07. The molecule has 0 saturated carbocycles. The van der Waals surface area contributed by atoms with Gasteiger partial charge in [0.25, 0.3) is 0 Å². The van der Waals surface area contributed by atoms with E-state index in [9.17, 15) is 13.6 Å². The second kappa shape index (κ2) is 4.77. The van der Waals surface area contributed by atoms with E-state index in [4.69, 9.17) is 27.9 Å². The molecule has 0 heterocycles. The molecule has 0 N–H and O–H groups in total. The lowest BCUT2D eigenvalue weighted by molar-refractivity contribution is 0.0675. The maximum atomic E-state index is 12.2. The van der Waals surface area contributed by atoms with Crippen molar-refractivity contribution in [3.8, 4) is 5.75 Å². The van der Waals surface area contributed by atoms with Crippen LogP contribution in [0, 0.1) is 0 Å². The molecule has 0 amide bonds. The van der Waals surface area contributed by atoms with Crippen LogP contribution in [-0.4, -0.2) is 19.3 Å². The standard InChI is InChI=1S/C9H6Cl2F2O2/c1-15-8-5(7(14)9(12)13)2-4(10)3-6(8)11/h2-3,9H,1H3. The third-order valence-electron chi connectivity index (χ3n) is 1.68. The summed E-state index contributed by atoms with van der Waals surface area (Å²) in [6, 6.07) is 2.41. The second-order valence-corrected chi connectivity index (χ2v) is 3.48. The first kappa shape index (κ1) is 12.2. The van der Waals surface area contributed by atoms with Gasteiger partial charge in [-0.2, -0.15) is 0 Å². The Hall–Kier alpha value is -0.870. The SMILES string of the molecule is COc1c(Cl)cc(Cl)cc1C(=O)C(F)F. The molecule has 1 aromatic rings. The van der Waals surface area contributed by atoms with Gasteiger partial charge in [0.05, 0.1) is 17.7 Å². The fourth-order valence-electron chi connectivity index (χ4n) is 1.07. The molecule has 2 nitrogen and oxygen atoms in total. The van der Waals surface area contributed by atoms with E-state index < -0.39 is 12.2 Å². The summed E-state index contributed by atoms with van der Waals surface area (Å²) >= 11 is 11.3. The summed E-state index contributed by atoms with van der Waals surface area (Å²) in [7, 11) is 1.23. The minimum absolute atomic E-state index is 0.0222. The molecule has 0 unspecified atom stereocenters. The van der Waals surface area contributed by atoms with Crippen LogP contribution in [0.4, 0.5) is 8.78 Å². The Bertz CT molecular complexity index is 394. The maximum Gasteiger partial charge on any atom is 0.300 e. The number of halogens is 4. The Morgan fingerprint density at radius 1 is 1.40 bits per heavy atom. The Kier molecular flexibility index (Phi) is 3.88. The topological polar surface area (TPSA) is 26.3 Å². The summed E-state index contributed by atoms with van der Waals surface area (Å²) in [6.07, 6.45) is -3.12. The van der Waals surface area contributed by atoms with Crippen LogP contribution in [0.15, 0.2) is 12.1 Å². The molecule has 0 saturated heterocycles. The molecule has 1 rings (SSSR count). The van der Waals surface area contributed by atoms with Crippen molar-refractivity contribution in [1.29, 1.82) is 0 Å². The van der Waals surface area contributed by atoms with E-state index in [1.807, 2.05) is 0 Å². The molecule has 0 aliphatic carbocycles. The molecular formula is C9H6Cl2F2O2. The average molecular weight is 255 g/mol. The van der Waals surface area contributed by atoms with Crippen molar-refractivity contribution >= 4 is 29.0 Å². The monoisotopic (exact) mass is 254 g/mol. The molecule has 0 radical (unpaired) electrons. The maximum absolute atomic E-state index is 12.2. The highest BCUT2D eigenvalue weighted by Crippen LogP contribution is 2.33. The van der Waals surface area contributed by atoms with Crippen LogP contribution >= 0.6 is 23.2 Å². The Balaban J connectivity index is 3.32.